The van der Waals surface area contributed by atoms with Gasteiger partial charge in [-0.25, -0.2) is 4.79 Å². The lowest BCUT2D eigenvalue weighted by molar-refractivity contribution is -0.143. The first-order valence-electron chi connectivity index (χ1n) is 9.78. The lowest BCUT2D eigenvalue weighted by Crippen LogP contribution is -2.36. The third kappa shape index (κ3) is 5.34. The number of imide groups is 1. The van der Waals surface area contributed by atoms with Crippen LogP contribution >= 0.6 is 27.7 Å². The third-order valence-corrected chi connectivity index (χ3v) is 6.19. The molecule has 1 N–H and O–H groups in total. The van der Waals surface area contributed by atoms with Crippen LogP contribution in [0.15, 0.2) is 45.8 Å². The zero-order valence-corrected chi connectivity index (χ0v) is 20.1. The quantitative estimate of drug-likeness (QED) is 0.409. The van der Waals surface area contributed by atoms with E-state index in [4.69, 9.17) is 14.2 Å². The number of nitrogens with one attached hydrogen (secondary N) is 1. The van der Waals surface area contributed by atoms with E-state index in [0.29, 0.717) is 33.0 Å². The number of halogens is 1. The summed E-state index contributed by atoms with van der Waals surface area (Å²) in [6.07, 6.45) is 1.54. The van der Waals surface area contributed by atoms with Crippen LogP contribution in [0.25, 0.3) is 6.08 Å². The summed E-state index contributed by atoms with van der Waals surface area (Å²) in [6, 6.07) is 9.84. The van der Waals surface area contributed by atoms with Crippen molar-refractivity contribution in [1.82, 2.24) is 4.90 Å². The van der Waals surface area contributed by atoms with Crippen molar-refractivity contribution in [2.24, 2.45) is 0 Å². The summed E-state index contributed by atoms with van der Waals surface area (Å²) in [6.45, 7) is -0.572. The van der Waals surface area contributed by atoms with Gasteiger partial charge in [0, 0.05) is 11.8 Å². The molecule has 0 aromatic heterocycles. The van der Waals surface area contributed by atoms with Gasteiger partial charge in [-0.3, -0.25) is 19.3 Å². The van der Waals surface area contributed by atoms with Crippen LogP contribution in [-0.2, 0) is 19.1 Å². The number of nitrogens with zero attached hydrogens (tertiary/aromatic N) is 1. The van der Waals surface area contributed by atoms with Crippen molar-refractivity contribution >= 4 is 62.5 Å². The number of benzene rings is 2. The largest absolute Gasteiger partial charge is 0.481 e. The molecule has 2 aromatic rings. The highest BCUT2D eigenvalue weighted by Gasteiger charge is 2.36. The summed E-state index contributed by atoms with van der Waals surface area (Å²) < 4.78 is 20.9. The Morgan fingerprint density at radius 2 is 1.97 bits per heavy atom. The number of methoxy groups -OCH3 is 1. The average molecular weight is 549 g/mol. The molecular formula is C22H17BrN2O8S. The zero-order chi connectivity index (χ0) is 24.2. The zero-order valence-electron chi connectivity index (χ0n) is 17.7. The van der Waals surface area contributed by atoms with Gasteiger partial charge in [0.2, 0.25) is 12.7 Å². The van der Waals surface area contributed by atoms with E-state index in [1.165, 1.54) is 13.2 Å². The fourth-order valence-electron chi connectivity index (χ4n) is 3.03. The van der Waals surface area contributed by atoms with Crippen LogP contribution in [0.3, 0.4) is 0 Å². The normalized spacial score (nSPS) is 15.6. The van der Waals surface area contributed by atoms with Crippen LogP contribution in [0.4, 0.5) is 10.5 Å². The van der Waals surface area contributed by atoms with Crippen molar-refractivity contribution in [3.8, 4) is 17.2 Å². The van der Waals surface area contributed by atoms with Crippen LogP contribution in [0.1, 0.15) is 5.56 Å². The summed E-state index contributed by atoms with van der Waals surface area (Å²) >= 11 is 4.09. The predicted octanol–water partition coefficient (Wildman–Crippen LogP) is 3.40. The number of carbonyl (C=O) groups is 4. The second-order valence-electron chi connectivity index (χ2n) is 6.94. The van der Waals surface area contributed by atoms with E-state index in [9.17, 15) is 19.2 Å². The van der Waals surface area contributed by atoms with Crippen LogP contribution in [0.2, 0.25) is 0 Å². The van der Waals surface area contributed by atoms with E-state index in [2.05, 4.69) is 26.0 Å². The van der Waals surface area contributed by atoms with Gasteiger partial charge in [0.15, 0.2) is 18.1 Å². The first kappa shape index (κ1) is 23.6. The van der Waals surface area contributed by atoms with Gasteiger partial charge in [0.05, 0.1) is 16.5 Å². The fraction of sp³-hybridized carbons (Fsp3) is 0.182. The third-order valence-electron chi connectivity index (χ3n) is 4.66. The van der Waals surface area contributed by atoms with Crippen LogP contribution in [-0.4, -0.2) is 55.0 Å². The van der Waals surface area contributed by atoms with Crippen LogP contribution in [0.5, 0.6) is 17.2 Å². The van der Waals surface area contributed by atoms with E-state index in [-0.39, 0.29) is 18.3 Å². The molecule has 0 aliphatic carbocycles. The van der Waals surface area contributed by atoms with Crippen LogP contribution in [0, 0.1) is 0 Å². The maximum absolute atomic E-state index is 12.7. The summed E-state index contributed by atoms with van der Waals surface area (Å²) in [4.78, 5) is 49.8. The molecule has 0 spiro atoms. The molecule has 12 heteroatoms. The van der Waals surface area contributed by atoms with Gasteiger partial charge in [-0.15, -0.1) is 0 Å². The lowest BCUT2D eigenvalue weighted by atomic mass is 10.2. The molecule has 2 aliphatic rings. The Morgan fingerprint density at radius 1 is 1.18 bits per heavy atom. The first-order chi connectivity index (χ1) is 16.3. The maximum atomic E-state index is 12.7. The van der Waals surface area contributed by atoms with Gasteiger partial charge in [0.1, 0.15) is 12.3 Å². The van der Waals surface area contributed by atoms with Gasteiger partial charge in [-0.1, -0.05) is 6.07 Å². The number of hydrogen-bond acceptors (Lipinski definition) is 9. The molecular weight excluding hydrogens is 532 g/mol. The van der Waals surface area contributed by atoms with E-state index in [1.54, 1.807) is 36.4 Å². The molecule has 2 aliphatic heterocycles. The molecule has 0 saturated carbocycles. The van der Waals surface area contributed by atoms with Crippen molar-refractivity contribution in [1.29, 1.82) is 0 Å². The summed E-state index contributed by atoms with van der Waals surface area (Å²) in [5, 5.41) is 2.09. The van der Waals surface area contributed by atoms with E-state index >= 15 is 0 Å². The molecule has 34 heavy (non-hydrogen) atoms. The smallest absolute Gasteiger partial charge is 0.343 e. The molecule has 1 fully saturated rings. The second kappa shape index (κ2) is 10.2. The van der Waals surface area contributed by atoms with E-state index < -0.39 is 29.6 Å². The summed E-state index contributed by atoms with van der Waals surface area (Å²) in [5.74, 6) is -0.137. The highest BCUT2D eigenvalue weighted by Crippen LogP contribution is 2.35. The number of amides is 3. The second-order valence-corrected chi connectivity index (χ2v) is 8.79. The average Bonchev–Trinajstić information content (AvgIpc) is 3.38. The molecule has 0 bridgehead atoms. The van der Waals surface area contributed by atoms with Gasteiger partial charge >= 0.3 is 5.97 Å². The predicted molar refractivity (Wildman–Crippen MR) is 126 cm³/mol. The molecule has 10 nitrogen and oxygen atoms in total. The Bertz CT molecular complexity index is 1220. The highest BCUT2D eigenvalue weighted by molar-refractivity contribution is 9.10. The van der Waals surface area contributed by atoms with Gasteiger partial charge in [0.25, 0.3) is 11.1 Å². The Labute approximate surface area is 206 Å². The van der Waals surface area contributed by atoms with Crippen LogP contribution < -0.4 is 19.5 Å². The number of fused-ring (bicyclic) bond motifs is 1. The Balaban J connectivity index is 1.39. The van der Waals surface area contributed by atoms with E-state index in [1.807, 2.05) is 0 Å². The SMILES string of the molecule is COC(=O)COc1ccc(/C=C2/SC(=O)N(CC(=O)Nc3ccc4c(c3)OCO4)C2=O)cc1Br. The number of thioether (sulfide) groups is 1. The lowest BCUT2D eigenvalue weighted by Gasteiger charge is -2.12. The van der Waals surface area contributed by atoms with Crippen molar-refractivity contribution in [3.63, 3.8) is 0 Å². The van der Waals surface area contributed by atoms with Crippen molar-refractivity contribution < 1.29 is 38.1 Å². The highest BCUT2D eigenvalue weighted by atomic mass is 79.9. The summed E-state index contributed by atoms with van der Waals surface area (Å²) in [5.41, 5.74) is 1.07. The Hall–Kier alpha value is -3.51. The first-order valence-corrected chi connectivity index (χ1v) is 11.4. The fourth-order valence-corrected chi connectivity index (χ4v) is 4.37. The minimum atomic E-state index is -0.571. The van der Waals surface area contributed by atoms with Gasteiger partial charge in [-0.2, -0.15) is 0 Å². The van der Waals surface area contributed by atoms with Crippen molar-refractivity contribution in [2.75, 3.05) is 32.4 Å². The Kier molecular flexibility index (Phi) is 7.08. The number of carbonyl (C=O) groups excluding carboxylic acids is 4. The number of rotatable bonds is 7. The maximum Gasteiger partial charge on any atom is 0.343 e. The minimum absolute atomic E-state index is 0.107. The molecule has 0 radical (unpaired) electrons. The van der Waals surface area contributed by atoms with Crippen molar-refractivity contribution in [2.45, 2.75) is 0 Å². The molecule has 176 valence electrons. The molecule has 1 saturated heterocycles. The van der Waals surface area contributed by atoms with Crippen molar-refractivity contribution in [3.05, 3.63) is 51.3 Å². The molecule has 0 unspecified atom stereocenters. The molecule has 2 aromatic carbocycles. The molecule has 0 atom stereocenters. The minimum Gasteiger partial charge on any atom is -0.481 e. The molecule has 3 amide bonds. The topological polar surface area (TPSA) is 120 Å². The van der Waals surface area contributed by atoms with E-state index in [0.717, 1.165) is 16.7 Å². The van der Waals surface area contributed by atoms with Gasteiger partial charge in [-0.05, 0) is 63.6 Å². The molecule has 4 rings (SSSR count). The van der Waals surface area contributed by atoms with Gasteiger partial charge < -0.3 is 24.3 Å². The standard InChI is InChI=1S/C22H17BrN2O8S/c1-30-20(27)10-31-15-4-2-12(6-14(15)23)7-18-21(28)25(22(29)34-18)9-19(26)24-13-3-5-16-17(8-13)33-11-32-16/h2-8H,9-11H2,1H3,(H,24,26)/b18-7+. The number of hydrogen-bond donors (Lipinski definition) is 1. The monoisotopic (exact) mass is 548 g/mol. The number of ether oxygens (including phenoxy) is 4. The summed E-state index contributed by atoms with van der Waals surface area (Å²) in [7, 11) is 1.26. The number of anilines is 1. The Morgan fingerprint density at radius 3 is 2.74 bits per heavy atom. The molecule has 2 heterocycles. The number of esters is 1.